The highest BCUT2D eigenvalue weighted by Crippen LogP contribution is 2.36. The van der Waals surface area contributed by atoms with Crippen molar-refractivity contribution < 1.29 is 0 Å². The molecule has 4 heterocycles. The molecule has 27 heavy (non-hydrogen) atoms. The van der Waals surface area contributed by atoms with Crippen molar-refractivity contribution in [3.8, 4) is 0 Å². The summed E-state index contributed by atoms with van der Waals surface area (Å²) >= 11 is 0. The Hall–Kier alpha value is -1.62. The molecule has 1 saturated carbocycles. The molecule has 0 atom stereocenters. The van der Waals surface area contributed by atoms with Crippen molar-refractivity contribution in [3.05, 3.63) is 18.1 Å². The minimum atomic E-state index is 0.428. The monoisotopic (exact) mass is 367 g/mol. The molecule has 146 valence electrons. The third kappa shape index (κ3) is 3.46. The number of hydrogen-bond donors (Lipinski definition) is 0. The first-order valence-electron chi connectivity index (χ1n) is 11.0. The van der Waals surface area contributed by atoms with Gasteiger partial charge in [0.05, 0.1) is 11.8 Å². The van der Waals surface area contributed by atoms with Crippen molar-refractivity contribution >= 4 is 16.9 Å². The smallest absolute Gasteiger partial charge is 0.157 e. The van der Waals surface area contributed by atoms with Crippen molar-refractivity contribution in [2.45, 2.75) is 64.3 Å². The molecule has 2 aromatic heterocycles. The van der Waals surface area contributed by atoms with E-state index in [0.29, 0.717) is 12.0 Å². The summed E-state index contributed by atoms with van der Waals surface area (Å²) in [5, 5.41) is 0. The Kier molecular flexibility index (Phi) is 4.58. The highest BCUT2D eigenvalue weighted by Gasteiger charge is 2.29. The van der Waals surface area contributed by atoms with E-state index >= 15 is 0 Å². The fourth-order valence-corrected chi connectivity index (χ4v) is 4.88. The molecule has 5 heteroatoms. The van der Waals surface area contributed by atoms with Crippen LogP contribution in [-0.2, 0) is 0 Å². The van der Waals surface area contributed by atoms with Gasteiger partial charge >= 0.3 is 0 Å². The van der Waals surface area contributed by atoms with E-state index in [2.05, 4.69) is 34.3 Å². The average Bonchev–Trinajstić information content (AvgIpc) is 3.16. The Morgan fingerprint density at radius 3 is 2.44 bits per heavy atom. The zero-order valence-corrected chi connectivity index (χ0v) is 16.9. The van der Waals surface area contributed by atoms with E-state index in [1.54, 1.807) is 0 Å². The van der Waals surface area contributed by atoms with Gasteiger partial charge in [-0.2, -0.15) is 0 Å². The molecule has 3 fully saturated rings. The van der Waals surface area contributed by atoms with Gasteiger partial charge in [0, 0.05) is 37.3 Å². The summed E-state index contributed by atoms with van der Waals surface area (Å²) in [7, 11) is 0. The van der Waals surface area contributed by atoms with Crippen LogP contribution >= 0.6 is 0 Å². The minimum absolute atomic E-state index is 0.428. The summed E-state index contributed by atoms with van der Waals surface area (Å²) in [5.41, 5.74) is 3.68. The topological polar surface area (TPSA) is 37.2 Å². The second-order valence-corrected chi connectivity index (χ2v) is 9.20. The summed E-state index contributed by atoms with van der Waals surface area (Å²) in [4.78, 5) is 15.1. The van der Waals surface area contributed by atoms with Crippen molar-refractivity contribution in [1.82, 2.24) is 19.4 Å². The number of fused-ring (bicyclic) bond motifs is 1. The van der Waals surface area contributed by atoms with Crippen LogP contribution in [0.15, 0.2) is 12.4 Å². The molecular formula is C22H33N5. The van der Waals surface area contributed by atoms with Crippen LogP contribution in [0.25, 0.3) is 11.0 Å². The lowest BCUT2D eigenvalue weighted by atomic mass is 9.92. The molecule has 0 bridgehead atoms. The van der Waals surface area contributed by atoms with Crippen LogP contribution in [0.1, 0.15) is 70.0 Å². The molecule has 2 aromatic rings. The number of hydrogen-bond acceptors (Lipinski definition) is 4. The standard InChI is InChI=1S/C22H33N5/c1-16(2)27-15-23-21-20(27)13-19(24-22(21)26-9-3-4-10-26)18-7-11-25(12-8-18)14-17-5-6-17/h13,15-18H,3-12,14H2,1-2H3. The molecule has 3 aliphatic rings. The number of piperidine rings is 1. The number of anilines is 1. The molecule has 0 aromatic carbocycles. The molecule has 0 radical (unpaired) electrons. The Bertz CT molecular complexity index is 792. The van der Waals surface area contributed by atoms with Gasteiger partial charge in [-0.05, 0) is 77.4 Å². The summed E-state index contributed by atoms with van der Waals surface area (Å²) in [6, 6.07) is 2.78. The summed E-state index contributed by atoms with van der Waals surface area (Å²) < 4.78 is 2.32. The van der Waals surface area contributed by atoms with E-state index in [0.717, 1.165) is 30.3 Å². The zero-order chi connectivity index (χ0) is 18.4. The minimum Gasteiger partial charge on any atom is -0.355 e. The van der Waals surface area contributed by atoms with Gasteiger partial charge in [-0.25, -0.2) is 9.97 Å². The van der Waals surface area contributed by atoms with Gasteiger partial charge in [-0.1, -0.05) is 0 Å². The normalized spacial score (nSPS) is 22.4. The van der Waals surface area contributed by atoms with Crippen LogP contribution in [0.3, 0.4) is 0 Å². The van der Waals surface area contributed by atoms with Crippen LogP contribution in [0, 0.1) is 5.92 Å². The quantitative estimate of drug-likeness (QED) is 0.794. The molecule has 1 aliphatic carbocycles. The van der Waals surface area contributed by atoms with Crippen LogP contribution in [0.5, 0.6) is 0 Å². The van der Waals surface area contributed by atoms with Gasteiger partial charge < -0.3 is 14.4 Å². The lowest BCUT2D eigenvalue weighted by Crippen LogP contribution is -2.34. The van der Waals surface area contributed by atoms with Crippen LogP contribution in [-0.4, -0.2) is 52.2 Å². The number of likely N-dealkylation sites (tertiary alicyclic amines) is 1. The number of nitrogens with zero attached hydrogens (tertiary/aromatic N) is 5. The molecular weight excluding hydrogens is 334 g/mol. The van der Waals surface area contributed by atoms with Crippen LogP contribution < -0.4 is 4.90 Å². The number of aromatic nitrogens is 3. The van der Waals surface area contributed by atoms with Gasteiger partial charge in [0.1, 0.15) is 5.52 Å². The first-order chi connectivity index (χ1) is 13.2. The van der Waals surface area contributed by atoms with E-state index in [1.807, 2.05) is 6.33 Å². The lowest BCUT2D eigenvalue weighted by Gasteiger charge is -2.32. The van der Waals surface area contributed by atoms with E-state index in [9.17, 15) is 0 Å². The third-order valence-electron chi connectivity index (χ3n) is 6.74. The van der Waals surface area contributed by atoms with Gasteiger partial charge in [-0.15, -0.1) is 0 Å². The van der Waals surface area contributed by atoms with Gasteiger partial charge in [0.2, 0.25) is 0 Å². The zero-order valence-electron chi connectivity index (χ0n) is 16.9. The van der Waals surface area contributed by atoms with Crippen molar-refractivity contribution in [2.24, 2.45) is 5.92 Å². The SMILES string of the molecule is CC(C)n1cnc2c(N3CCCC3)nc(C3CCN(CC4CC4)CC3)cc21. The number of imidazole rings is 1. The second-order valence-electron chi connectivity index (χ2n) is 9.20. The fourth-order valence-electron chi connectivity index (χ4n) is 4.88. The predicted octanol–water partition coefficient (Wildman–Crippen LogP) is 4.20. The third-order valence-corrected chi connectivity index (χ3v) is 6.74. The summed E-state index contributed by atoms with van der Waals surface area (Å²) in [6.45, 7) is 10.5. The maximum Gasteiger partial charge on any atom is 0.157 e. The molecule has 0 unspecified atom stereocenters. The van der Waals surface area contributed by atoms with E-state index in [4.69, 9.17) is 9.97 Å². The summed E-state index contributed by atoms with van der Waals surface area (Å²) in [6.07, 6.45) is 9.97. The van der Waals surface area contributed by atoms with Gasteiger partial charge in [0.25, 0.3) is 0 Å². The predicted molar refractivity (Wildman–Crippen MR) is 110 cm³/mol. The molecule has 0 spiro atoms. The second kappa shape index (κ2) is 7.08. The first-order valence-corrected chi connectivity index (χ1v) is 11.0. The molecule has 5 rings (SSSR count). The Labute approximate surface area is 162 Å². The lowest BCUT2D eigenvalue weighted by molar-refractivity contribution is 0.203. The molecule has 0 amide bonds. The Morgan fingerprint density at radius 1 is 1.04 bits per heavy atom. The first kappa shape index (κ1) is 17.5. The fraction of sp³-hybridized carbons (Fsp3) is 0.727. The highest BCUT2D eigenvalue weighted by atomic mass is 15.2. The molecule has 2 aliphatic heterocycles. The largest absolute Gasteiger partial charge is 0.355 e. The Balaban J connectivity index is 1.45. The van der Waals surface area contributed by atoms with E-state index in [1.165, 1.54) is 69.4 Å². The summed E-state index contributed by atoms with van der Waals surface area (Å²) in [5.74, 6) is 2.74. The van der Waals surface area contributed by atoms with E-state index in [-0.39, 0.29) is 0 Å². The Morgan fingerprint density at radius 2 is 1.78 bits per heavy atom. The van der Waals surface area contributed by atoms with Gasteiger partial charge in [0.15, 0.2) is 5.82 Å². The molecule has 0 N–H and O–H groups in total. The number of pyridine rings is 1. The molecule has 5 nitrogen and oxygen atoms in total. The molecule has 2 saturated heterocycles. The average molecular weight is 368 g/mol. The highest BCUT2D eigenvalue weighted by molar-refractivity contribution is 5.87. The maximum atomic E-state index is 5.21. The van der Waals surface area contributed by atoms with Crippen LogP contribution in [0.2, 0.25) is 0 Å². The van der Waals surface area contributed by atoms with E-state index < -0.39 is 0 Å². The van der Waals surface area contributed by atoms with Crippen molar-refractivity contribution in [1.29, 1.82) is 0 Å². The van der Waals surface area contributed by atoms with Gasteiger partial charge in [-0.3, -0.25) is 0 Å². The number of rotatable bonds is 5. The van der Waals surface area contributed by atoms with Crippen molar-refractivity contribution in [2.75, 3.05) is 37.6 Å². The van der Waals surface area contributed by atoms with Crippen LogP contribution in [0.4, 0.5) is 5.82 Å². The van der Waals surface area contributed by atoms with Crippen molar-refractivity contribution in [3.63, 3.8) is 0 Å². The maximum absolute atomic E-state index is 5.21.